The molecule has 0 atom stereocenters. The number of carbonyl (C=O) groups is 2. The van der Waals surface area contributed by atoms with E-state index in [4.69, 9.17) is 9.97 Å². The largest absolute Gasteiger partial charge is 0.354 e. The molecule has 0 aromatic carbocycles. The lowest BCUT2D eigenvalue weighted by atomic mass is 10.3. The highest BCUT2D eigenvalue weighted by atomic mass is 32.2. The summed E-state index contributed by atoms with van der Waals surface area (Å²) in [4.78, 5) is 51.1. The van der Waals surface area contributed by atoms with Crippen molar-refractivity contribution in [3.05, 3.63) is 35.1 Å². The SMILES string of the molecule is CN1CCN(c2cc(C=C3SC(=O)NC3=O)nc(N3CCN(c4ncccn4)CC3)n2)CC1. The number of amides is 2. The molecule has 5 heterocycles. The zero-order chi connectivity index (χ0) is 22.8. The third-order valence-corrected chi connectivity index (χ3v) is 6.68. The first-order valence-corrected chi connectivity index (χ1v) is 11.7. The van der Waals surface area contributed by atoms with Crippen LogP contribution >= 0.6 is 11.8 Å². The van der Waals surface area contributed by atoms with E-state index in [1.165, 1.54) is 0 Å². The number of likely N-dealkylation sites (N-methyl/N-ethyl adjacent to an activating group) is 1. The molecule has 0 saturated carbocycles. The zero-order valence-corrected chi connectivity index (χ0v) is 19.2. The van der Waals surface area contributed by atoms with E-state index in [0.717, 1.165) is 75.9 Å². The van der Waals surface area contributed by atoms with Gasteiger partial charge in [0.1, 0.15) is 5.82 Å². The van der Waals surface area contributed by atoms with E-state index in [1.807, 2.05) is 12.1 Å². The highest BCUT2D eigenvalue weighted by Crippen LogP contribution is 2.27. The van der Waals surface area contributed by atoms with Crippen LogP contribution in [-0.2, 0) is 4.79 Å². The lowest BCUT2D eigenvalue weighted by Crippen LogP contribution is -2.48. The van der Waals surface area contributed by atoms with Gasteiger partial charge in [-0.25, -0.2) is 15.0 Å². The van der Waals surface area contributed by atoms with Crippen LogP contribution in [0.5, 0.6) is 0 Å². The van der Waals surface area contributed by atoms with Crippen molar-refractivity contribution >= 4 is 46.7 Å². The molecule has 2 aromatic heterocycles. The Labute approximate surface area is 195 Å². The summed E-state index contributed by atoms with van der Waals surface area (Å²) >= 11 is 0.896. The lowest BCUT2D eigenvalue weighted by Gasteiger charge is -2.36. The number of imide groups is 1. The quantitative estimate of drug-likeness (QED) is 0.641. The molecule has 2 amide bonds. The van der Waals surface area contributed by atoms with Gasteiger partial charge in [0.15, 0.2) is 0 Å². The van der Waals surface area contributed by atoms with Gasteiger partial charge in [0.25, 0.3) is 11.1 Å². The van der Waals surface area contributed by atoms with E-state index in [2.05, 4.69) is 41.9 Å². The van der Waals surface area contributed by atoms with Gasteiger partial charge in [-0.15, -0.1) is 0 Å². The minimum atomic E-state index is -0.386. The van der Waals surface area contributed by atoms with Crippen molar-refractivity contribution in [1.29, 1.82) is 0 Å². The molecule has 3 fully saturated rings. The zero-order valence-electron chi connectivity index (χ0n) is 18.3. The second-order valence-corrected chi connectivity index (χ2v) is 9.13. The minimum absolute atomic E-state index is 0.347. The summed E-state index contributed by atoms with van der Waals surface area (Å²) in [6, 6.07) is 3.70. The van der Waals surface area contributed by atoms with E-state index < -0.39 is 0 Å². The Morgan fingerprint density at radius 1 is 0.879 bits per heavy atom. The molecule has 0 radical (unpaired) electrons. The fourth-order valence-corrected chi connectivity index (χ4v) is 4.64. The van der Waals surface area contributed by atoms with Crippen LogP contribution in [0.15, 0.2) is 29.4 Å². The van der Waals surface area contributed by atoms with E-state index in [0.29, 0.717) is 16.5 Å². The van der Waals surface area contributed by atoms with Crippen LogP contribution in [-0.4, -0.2) is 95.4 Å². The van der Waals surface area contributed by atoms with Crippen molar-refractivity contribution in [2.45, 2.75) is 0 Å². The molecule has 0 bridgehead atoms. The summed E-state index contributed by atoms with van der Waals surface area (Å²) in [5.74, 6) is 1.80. The first-order chi connectivity index (χ1) is 16.0. The normalized spacial score (nSPS) is 21.1. The van der Waals surface area contributed by atoms with E-state index >= 15 is 0 Å². The van der Waals surface area contributed by atoms with Crippen LogP contribution in [0.2, 0.25) is 0 Å². The van der Waals surface area contributed by atoms with E-state index in [9.17, 15) is 9.59 Å². The van der Waals surface area contributed by atoms with Crippen molar-refractivity contribution in [1.82, 2.24) is 30.2 Å². The average molecular weight is 468 g/mol. The number of hydrogen-bond donors (Lipinski definition) is 1. The van der Waals surface area contributed by atoms with Gasteiger partial charge in [0.2, 0.25) is 11.9 Å². The number of anilines is 3. The van der Waals surface area contributed by atoms with Crippen LogP contribution in [0.25, 0.3) is 6.08 Å². The molecule has 1 N–H and O–H groups in total. The van der Waals surface area contributed by atoms with Crippen LogP contribution in [0.3, 0.4) is 0 Å². The Bertz CT molecular complexity index is 1060. The summed E-state index contributed by atoms with van der Waals surface area (Å²) in [5, 5.41) is 1.94. The van der Waals surface area contributed by atoms with Crippen molar-refractivity contribution in [2.75, 3.05) is 74.1 Å². The topological polar surface area (TPSA) is 111 Å². The number of rotatable bonds is 4. The van der Waals surface area contributed by atoms with E-state index in [1.54, 1.807) is 18.5 Å². The smallest absolute Gasteiger partial charge is 0.290 e. The molecule has 2 aromatic rings. The maximum atomic E-state index is 12.1. The molecule has 12 heteroatoms. The Morgan fingerprint density at radius 2 is 1.52 bits per heavy atom. The van der Waals surface area contributed by atoms with Crippen LogP contribution < -0.4 is 20.0 Å². The number of nitrogens with one attached hydrogen (secondary N) is 1. The number of piperazine rings is 2. The molecule has 0 aliphatic carbocycles. The van der Waals surface area contributed by atoms with Gasteiger partial charge in [-0.3, -0.25) is 14.9 Å². The molecule has 11 nitrogen and oxygen atoms in total. The molecule has 3 saturated heterocycles. The van der Waals surface area contributed by atoms with Gasteiger partial charge >= 0.3 is 0 Å². The predicted octanol–water partition coefficient (Wildman–Crippen LogP) is 0.669. The molecule has 33 heavy (non-hydrogen) atoms. The maximum absolute atomic E-state index is 12.1. The fourth-order valence-electron chi connectivity index (χ4n) is 3.97. The van der Waals surface area contributed by atoms with Crippen molar-refractivity contribution < 1.29 is 9.59 Å². The molecule has 3 aliphatic heterocycles. The molecular formula is C21H25N9O2S. The van der Waals surface area contributed by atoms with Gasteiger partial charge < -0.3 is 19.6 Å². The number of carbonyl (C=O) groups excluding carboxylic acids is 2. The Balaban J connectivity index is 1.40. The van der Waals surface area contributed by atoms with Crippen molar-refractivity contribution in [2.24, 2.45) is 0 Å². The lowest BCUT2D eigenvalue weighted by molar-refractivity contribution is -0.115. The fraction of sp³-hybridized carbons (Fsp3) is 0.429. The van der Waals surface area contributed by atoms with Gasteiger partial charge in [-0.1, -0.05) is 0 Å². The van der Waals surface area contributed by atoms with Crippen LogP contribution in [0.1, 0.15) is 5.69 Å². The standard InChI is InChI=1S/C21H25N9O2S/c1-27-5-7-28(8-6-27)17-14-15(13-16-18(31)26-21(32)33-16)24-20(25-17)30-11-9-29(10-12-30)19-22-3-2-4-23-19/h2-4,13-14H,5-12H2,1H3,(H,26,31,32). The highest BCUT2D eigenvalue weighted by Gasteiger charge is 2.27. The van der Waals surface area contributed by atoms with Gasteiger partial charge in [0.05, 0.1) is 10.6 Å². The number of thioether (sulfide) groups is 1. The number of nitrogens with zero attached hydrogens (tertiary/aromatic N) is 8. The summed E-state index contributed by atoms with van der Waals surface area (Å²) in [6.45, 7) is 6.63. The summed E-state index contributed by atoms with van der Waals surface area (Å²) in [5.41, 5.74) is 0.620. The summed E-state index contributed by atoms with van der Waals surface area (Å²) in [6.07, 6.45) is 5.17. The summed E-state index contributed by atoms with van der Waals surface area (Å²) < 4.78 is 0. The third kappa shape index (κ3) is 4.91. The monoisotopic (exact) mass is 467 g/mol. The number of aromatic nitrogens is 4. The van der Waals surface area contributed by atoms with Crippen LogP contribution in [0, 0.1) is 0 Å². The molecule has 172 valence electrons. The second kappa shape index (κ2) is 9.32. The first kappa shape index (κ1) is 21.6. The van der Waals surface area contributed by atoms with E-state index in [-0.39, 0.29) is 11.1 Å². The summed E-state index contributed by atoms with van der Waals surface area (Å²) in [7, 11) is 2.11. The second-order valence-electron chi connectivity index (χ2n) is 8.12. The van der Waals surface area contributed by atoms with Gasteiger partial charge in [0, 0.05) is 70.8 Å². The molecule has 3 aliphatic rings. The van der Waals surface area contributed by atoms with Gasteiger partial charge in [-0.05, 0) is 31.0 Å². The Hall–Kier alpha value is -3.25. The van der Waals surface area contributed by atoms with Crippen molar-refractivity contribution in [3.63, 3.8) is 0 Å². The Kier molecular flexibility index (Phi) is 6.09. The van der Waals surface area contributed by atoms with Gasteiger partial charge in [-0.2, -0.15) is 4.98 Å². The minimum Gasteiger partial charge on any atom is -0.354 e. The molecular weight excluding hydrogens is 442 g/mol. The average Bonchev–Trinajstić information content (AvgIpc) is 3.16. The van der Waals surface area contributed by atoms with Crippen LogP contribution in [0.4, 0.5) is 22.5 Å². The molecule has 5 rings (SSSR count). The highest BCUT2D eigenvalue weighted by molar-refractivity contribution is 8.18. The number of hydrogen-bond acceptors (Lipinski definition) is 11. The maximum Gasteiger partial charge on any atom is 0.290 e. The molecule has 0 unspecified atom stereocenters. The van der Waals surface area contributed by atoms with Crippen molar-refractivity contribution in [3.8, 4) is 0 Å². The molecule has 0 spiro atoms. The predicted molar refractivity (Wildman–Crippen MR) is 127 cm³/mol. The first-order valence-electron chi connectivity index (χ1n) is 10.9. The third-order valence-electron chi connectivity index (χ3n) is 5.87. The Morgan fingerprint density at radius 3 is 2.15 bits per heavy atom.